The number of anilines is 1. The molecule has 1 aliphatic carbocycles. The van der Waals surface area contributed by atoms with Crippen molar-refractivity contribution >= 4 is 23.2 Å². The minimum absolute atomic E-state index is 0.0531. The molecule has 4 heteroatoms. The van der Waals surface area contributed by atoms with Crippen LogP contribution in [-0.4, -0.2) is 23.4 Å². The second-order valence-corrected chi connectivity index (χ2v) is 6.12. The Labute approximate surface area is 119 Å². The van der Waals surface area contributed by atoms with Crippen molar-refractivity contribution in [2.24, 2.45) is 5.92 Å². The molecule has 0 aliphatic heterocycles. The largest absolute Gasteiger partial charge is 0.399 e. The lowest BCUT2D eigenvalue weighted by Gasteiger charge is -2.23. The first-order chi connectivity index (χ1) is 8.97. The van der Waals surface area contributed by atoms with Gasteiger partial charge in [-0.05, 0) is 43.4 Å². The highest BCUT2D eigenvalue weighted by Crippen LogP contribution is 2.29. The van der Waals surface area contributed by atoms with Crippen molar-refractivity contribution in [3.8, 4) is 0 Å². The highest BCUT2D eigenvalue weighted by Gasteiger charge is 2.32. The van der Waals surface area contributed by atoms with Crippen LogP contribution in [0.2, 0.25) is 5.02 Å². The lowest BCUT2D eigenvalue weighted by Crippen LogP contribution is -2.34. The molecule has 0 heterocycles. The molecule has 0 unspecified atom stereocenters. The Morgan fingerprint density at radius 1 is 1.42 bits per heavy atom. The fraction of sp³-hybridized carbons (Fsp3) is 0.533. The van der Waals surface area contributed by atoms with E-state index in [0.29, 0.717) is 28.2 Å². The van der Waals surface area contributed by atoms with E-state index < -0.39 is 0 Å². The second kappa shape index (κ2) is 5.83. The average molecular weight is 281 g/mol. The van der Waals surface area contributed by atoms with Gasteiger partial charge in [-0.2, -0.15) is 0 Å². The third kappa shape index (κ3) is 3.87. The number of benzene rings is 1. The molecule has 0 saturated heterocycles. The van der Waals surface area contributed by atoms with Crippen LogP contribution in [0.15, 0.2) is 18.2 Å². The topological polar surface area (TPSA) is 46.3 Å². The van der Waals surface area contributed by atoms with Crippen LogP contribution in [0.5, 0.6) is 0 Å². The van der Waals surface area contributed by atoms with Gasteiger partial charge in [-0.15, -0.1) is 0 Å². The highest BCUT2D eigenvalue weighted by atomic mass is 35.5. The minimum atomic E-state index is 0.0531. The van der Waals surface area contributed by atoms with Crippen molar-refractivity contribution in [2.45, 2.75) is 39.2 Å². The number of amides is 1. The molecule has 2 rings (SSSR count). The number of nitrogen functional groups attached to an aromatic ring is 1. The molecule has 0 radical (unpaired) electrons. The summed E-state index contributed by atoms with van der Waals surface area (Å²) >= 11 is 5.97. The first-order valence-corrected chi connectivity index (χ1v) is 7.22. The number of carbonyl (C=O) groups excluding carboxylic acids is 1. The molecule has 0 aromatic heterocycles. The predicted octanol–water partition coefficient (Wildman–Crippen LogP) is 3.57. The lowest BCUT2D eigenvalue weighted by molar-refractivity contribution is 0.0735. The molecule has 1 fully saturated rings. The van der Waals surface area contributed by atoms with E-state index in [-0.39, 0.29) is 5.91 Å². The van der Waals surface area contributed by atoms with Gasteiger partial charge in [0.2, 0.25) is 0 Å². The normalized spacial score (nSPS) is 14.7. The third-order valence-corrected chi connectivity index (χ3v) is 3.58. The van der Waals surface area contributed by atoms with Crippen LogP contribution in [0.4, 0.5) is 5.69 Å². The van der Waals surface area contributed by atoms with Crippen LogP contribution in [0.1, 0.15) is 43.5 Å². The van der Waals surface area contributed by atoms with Crippen molar-refractivity contribution in [2.75, 3.05) is 12.3 Å². The number of halogens is 1. The quantitative estimate of drug-likeness (QED) is 0.838. The Balaban J connectivity index is 2.14. The smallest absolute Gasteiger partial charge is 0.254 e. The molecule has 3 nitrogen and oxygen atoms in total. The average Bonchev–Trinajstić information content (AvgIpc) is 3.11. The predicted molar refractivity (Wildman–Crippen MR) is 79.4 cm³/mol. The summed E-state index contributed by atoms with van der Waals surface area (Å²) in [6.07, 6.45) is 3.25. The van der Waals surface area contributed by atoms with Crippen molar-refractivity contribution in [1.29, 1.82) is 0 Å². The maximum atomic E-state index is 12.6. The molecule has 1 aromatic carbocycles. The monoisotopic (exact) mass is 280 g/mol. The van der Waals surface area contributed by atoms with Crippen LogP contribution in [0, 0.1) is 5.92 Å². The van der Waals surface area contributed by atoms with Crippen molar-refractivity contribution in [3.05, 3.63) is 28.8 Å². The van der Waals surface area contributed by atoms with E-state index in [1.54, 1.807) is 18.2 Å². The van der Waals surface area contributed by atoms with Crippen LogP contribution >= 0.6 is 11.6 Å². The maximum absolute atomic E-state index is 12.6. The van der Waals surface area contributed by atoms with Gasteiger partial charge in [0.25, 0.3) is 5.91 Å². The van der Waals surface area contributed by atoms with E-state index in [1.165, 1.54) is 0 Å². The zero-order valence-corrected chi connectivity index (χ0v) is 12.3. The Morgan fingerprint density at radius 2 is 2.11 bits per heavy atom. The Kier molecular flexibility index (Phi) is 4.35. The summed E-state index contributed by atoms with van der Waals surface area (Å²) in [5, 5.41) is 0.517. The van der Waals surface area contributed by atoms with Crippen LogP contribution in [0.3, 0.4) is 0 Å². The fourth-order valence-corrected chi connectivity index (χ4v) is 2.38. The zero-order chi connectivity index (χ0) is 14.0. The van der Waals surface area contributed by atoms with Crippen molar-refractivity contribution < 1.29 is 4.79 Å². The van der Waals surface area contributed by atoms with E-state index in [2.05, 4.69) is 13.8 Å². The van der Waals surface area contributed by atoms with E-state index in [9.17, 15) is 4.79 Å². The molecular formula is C15H21ClN2O. The van der Waals surface area contributed by atoms with Crippen molar-refractivity contribution in [3.63, 3.8) is 0 Å². The molecule has 1 saturated carbocycles. The van der Waals surface area contributed by atoms with Crippen LogP contribution < -0.4 is 5.73 Å². The molecule has 19 heavy (non-hydrogen) atoms. The maximum Gasteiger partial charge on any atom is 0.254 e. The first kappa shape index (κ1) is 14.2. The van der Waals surface area contributed by atoms with E-state index in [0.717, 1.165) is 25.8 Å². The van der Waals surface area contributed by atoms with E-state index in [1.807, 2.05) is 4.90 Å². The minimum Gasteiger partial charge on any atom is -0.399 e. The summed E-state index contributed by atoms with van der Waals surface area (Å²) in [4.78, 5) is 14.5. The van der Waals surface area contributed by atoms with Gasteiger partial charge in [0.05, 0.1) is 0 Å². The van der Waals surface area contributed by atoms with Gasteiger partial charge in [-0.3, -0.25) is 4.79 Å². The number of nitrogens with two attached hydrogens (primary N) is 1. The van der Waals surface area contributed by atoms with Gasteiger partial charge in [-0.1, -0.05) is 25.4 Å². The molecule has 0 spiro atoms. The Hall–Kier alpha value is -1.22. The number of rotatable bonds is 5. The Bertz CT molecular complexity index is 449. The van der Waals surface area contributed by atoms with Gasteiger partial charge < -0.3 is 10.6 Å². The summed E-state index contributed by atoms with van der Waals surface area (Å²) < 4.78 is 0. The summed E-state index contributed by atoms with van der Waals surface area (Å²) in [5.74, 6) is 0.649. The molecular weight excluding hydrogens is 260 g/mol. The van der Waals surface area contributed by atoms with Crippen molar-refractivity contribution in [1.82, 2.24) is 4.90 Å². The zero-order valence-electron chi connectivity index (χ0n) is 11.5. The molecule has 1 aliphatic rings. The standard InChI is InChI=1S/C15H21ClN2O/c1-10(2)5-6-18(14-3-4-14)15(19)11-7-12(16)9-13(17)8-11/h7-10,14H,3-6,17H2,1-2H3. The summed E-state index contributed by atoms with van der Waals surface area (Å²) in [6.45, 7) is 5.16. The summed E-state index contributed by atoms with van der Waals surface area (Å²) in [5.41, 5.74) is 6.89. The summed E-state index contributed by atoms with van der Waals surface area (Å²) in [6, 6.07) is 5.48. The van der Waals surface area contributed by atoms with Gasteiger partial charge in [0, 0.05) is 28.9 Å². The third-order valence-electron chi connectivity index (χ3n) is 3.36. The molecule has 0 atom stereocenters. The number of hydrogen-bond donors (Lipinski definition) is 1. The van der Waals surface area contributed by atoms with Crippen LogP contribution in [0.25, 0.3) is 0 Å². The van der Waals surface area contributed by atoms with Gasteiger partial charge >= 0.3 is 0 Å². The Morgan fingerprint density at radius 3 is 2.63 bits per heavy atom. The molecule has 2 N–H and O–H groups in total. The number of nitrogens with zero attached hydrogens (tertiary/aromatic N) is 1. The van der Waals surface area contributed by atoms with Gasteiger partial charge in [0.1, 0.15) is 0 Å². The molecule has 104 valence electrons. The molecule has 0 bridgehead atoms. The number of hydrogen-bond acceptors (Lipinski definition) is 2. The van der Waals surface area contributed by atoms with Gasteiger partial charge in [-0.25, -0.2) is 0 Å². The molecule has 1 aromatic rings. The van der Waals surface area contributed by atoms with E-state index in [4.69, 9.17) is 17.3 Å². The summed E-state index contributed by atoms with van der Waals surface area (Å²) in [7, 11) is 0. The van der Waals surface area contributed by atoms with Gasteiger partial charge in [0.15, 0.2) is 0 Å². The first-order valence-electron chi connectivity index (χ1n) is 6.84. The lowest BCUT2D eigenvalue weighted by atomic mass is 10.1. The second-order valence-electron chi connectivity index (χ2n) is 5.69. The fourth-order valence-electron chi connectivity index (χ4n) is 2.14. The SMILES string of the molecule is CC(C)CCN(C(=O)c1cc(N)cc(Cl)c1)C1CC1. The number of carbonyl (C=O) groups is 1. The van der Waals surface area contributed by atoms with E-state index >= 15 is 0 Å². The van der Waals surface area contributed by atoms with Crippen LogP contribution in [-0.2, 0) is 0 Å². The highest BCUT2D eigenvalue weighted by molar-refractivity contribution is 6.31. The molecule has 1 amide bonds.